The van der Waals surface area contributed by atoms with E-state index in [9.17, 15) is 4.79 Å². The van der Waals surface area contributed by atoms with Gasteiger partial charge in [0.05, 0.1) is 5.57 Å². The SMILES string of the molecule is CC1=CC(=Cc2ccc(Cl)o2)C(=O)O1. The molecule has 3 nitrogen and oxygen atoms in total. The molecular formula is C10H7ClO3. The van der Waals surface area contributed by atoms with Gasteiger partial charge < -0.3 is 9.15 Å². The smallest absolute Gasteiger partial charge is 0.343 e. The maximum atomic E-state index is 11.2. The molecule has 0 atom stereocenters. The Morgan fingerprint density at radius 1 is 1.43 bits per heavy atom. The minimum absolute atomic E-state index is 0.295. The van der Waals surface area contributed by atoms with E-state index in [1.54, 1.807) is 31.2 Å². The number of hydrogen-bond acceptors (Lipinski definition) is 3. The molecule has 72 valence electrons. The third-order valence-corrected chi connectivity index (χ3v) is 1.94. The van der Waals surface area contributed by atoms with E-state index in [-0.39, 0.29) is 5.97 Å². The number of hydrogen-bond donors (Lipinski definition) is 0. The van der Waals surface area contributed by atoms with Crippen LogP contribution >= 0.6 is 11.6 Å². The van der Waals surface area contributed by atoms with E-state index in [4.69, 9.17) is 20.8 Å². The monoisotopic (exact) mass is 210 g/mol. The molecule has 14 heavy (non-hydrogen) atoms. The predicted molar refractivity (Wildman–Crippen MR) is 51.5 cm³/mol. The Kier molecular flexibility index (Phi) is 2.17. The lowest BCUT2D eigenvalue weighted by Crippen LogP contribution is -1.95. The molecule has 0 saturated carbocycles. The largest absolute Gasteiger partial charge is 0.445 e. The van der Waals surface area contributed by atoms with Crippen LogP contribution in [0.5, 0.6) is 0 Å². The number of carbonyl (C=O) groups is 1. The molecule has 2 rings (SSSR count). The van der Waals surface area contributed by atoms with Gasteiger partial charge in [0.25, 0.3) is 0 Å². The van der Waals surface area contributed by atoms with E-state index >= 15 is 0 Å². The number of halogens is 1. The molecule has 0 unspecified atom stereocenters. The second-order valence-corrected chi connectivity index (χ2v) is 3.26. The Bertz CT molecular complexity index is 440. The molecule has 0 spiro atoms. The Hall–Kier alpha value is -1.48. The number of allylic oxidation sites excluding steroid dienone is 1. The summed E-state index contributed by atoms with van der Waals surface area (Å²) in [5.74, 6) is 0.752. The van der Waals surface area contributed by atoms with E-state index in [2.05, 4.69) is 0 Å². The third-order valence-electron chi connectivity index (χ3n) is 1.74. The summed E-state index contributed by atoms with van der Waals surface area (Å²) in [4.78, 5) is 11.2. The van der Waals surface area contributed by atoms with Crippen molar-refractivity contribution in [3.8, 4) is 0 Å². The predicted octanol–water partition coefficient (Wildman–Crippen LogP) is 2.78. The molecule has 1 aliphatic heterocycles. The van der Waals surface area contributed by atoms with Gasteiger partial charge in [-0.3, -0.25) is 0 Å². The third kappa shape index (κ3) is 1.72. The van der Waals surface area contributed by atoms with Gasteiger partial charge in [0.1, 0.15) is 11.5 Å². The van der Waals surface area contributed by atoms with Gasteiger partial charge >= 0.3 is 5.97 Å². The molecule has 2 heterocycles. The van der Waals surface area contributed by atoms with E-state index in [0.717, 1.165) is 0 Å². The first-order valence-electron chi connectivity index (χ1n) is 4.02. The van der Waals surface area contributed by atoms with Gasteiger partial charge in [-0.2, -0.15) is 0 Å². The highest BCUT2D eigenvalue weighted by atomic mass is 35.5. The van der Waals surface area contributed by atoms with E-state index in [1.807, 2.05) is 0 Å². The van der Waals surface area contributed by atoms with E-state index in [0.29, 0.717) is 22.3 Å². The molecule has 0 aromatic carbocycles. The number of cyclic esters (lactones) is 1. The highest BCUT2D eigenvalue weighted by Crippen LogP contribution is 2.21. The molecule has 0 amide bonds. The van der Waals surface area contributed by atoms with Gasteiger partial charge in [0, 0.05) is 0 Å². The number of esters is 1. The fourth-order valence-corrected chi connectivity index (χ4v) is 1.32. The van der Waals surface area contributed by atoms with Crippen LogP contribution in [0.2, 0.25) is 5.22 Å². The van der Waals surface area contributed by atoms with Crippen LogP contribution in [0.1, 0.15) is 12.7 Å². The zero-order valence-electron chi connectivity index (χ0n) is 7.41. The normalized spacial score (nSPS) is 18.6. The lowest BCUT2D eigenvalue weighted by atomic mass is 10.2. The zero-order valence-corrected chi connectivity index (χ0v) is 8.17. The van der Waals surface area contributed by atoms with Crippen LogP contribution in [0.15, 0.2) is 34.0 Å². The average molecular weight is 211 g/mol. The molecule has 0 radical (unpaired) electrons. The number of furan rings is 1. The minimum Gasteiger partial charge on any atom is -0.445 e. The summed E-state index contributed by atoms with van der Waals surface area (Å²) < 4.78 is 9.91. The highest BCUT2D eigenvalue weighted by Gasteiger charge is 2.17. The molecule has 0 fully saturated rings. The maximum absolute atomic E-state index is 11.2. The fourth-order valence-electron chi connectivity index (χ4n) is 1.17. The molecule has 4 heteroatoms. The number of ether oxygens (including phenoxy) is 1. The zero-order chi connectivity index (χ0) is 10.1. The topological polar surface area (TPSA) is 39.4 Å². The van der Waals surface area contributed by atoms with Crippen LogP contribution in [0.25, 0.3) is 6.08 Å². The van der Waals surface area contributed by atoms with Crippen molar-refractivity contribution in [2.24, 2.45) is 0 Å². The first-order valence-corrected chi connectivity index (χ1v) is 4.40. The average Bonchev–Trinajstić information content (AvgIpc) is 2.61. The summed E-state index contributed by atoms with van der Waals surface area (Å²) in [5.41, 5.74) is 0.466. The van der Waals surface area contributed by atoms with Crippen molar-refractivity contribution in [3.05, 3.63) is 40.5 Å². The summed E-state index contributed by atoms with van der Waals surface area (Å²) in [5, 5.41) is 0.295. The molecule has 0 aliphatic carbocycles. The quantitative estimate of drug-likeness (QED) is 0.529. The van der Waals surface area contributed by atoms with Crippen molar-refractivity contribution in [3.63, 3.8) is 0 Å². The van der Waals surface area contributed by atoms with Crippen LogP contribution in [0.3, 0.4) is 0 Å². The summed E-state index contributed by atoms with van der Waals surface area (Å²) in [6.07, 6.45) is 3.24. The first-order chi connectivity index (χ1) is 6.65. The van der Waals surface area contributed by atoms with Gasteiger partial charge in [-0.05, 0) is 42.8 Å². The van der Waals surface area contributed by atoms with Gasteiger partial charge in [-0.1, -0.05) is 0 Å². The van der Waals surface area contributed by atoms with Crippen molar-refractivity contribution < 1.29 is 13.9 Å². The van der Waals surface area contributed by atoms with Crippen molar-refractivity contribution >= 4 is 23.6 Å². The lowest BCUT2D eigenvalue weighted by molar-refractivity contribution is -0.133. The van der Waals surface area contributed by atoms with Crippen LogP contribution in [0.4, 0.5) is 0 Å². The van der Waals surface area contributed by atoms with Crippen LogP contribution < -0.4 is 0 Å². The van der Waals surface area contributed by atoms with E-state index in [1.165, 1.54) is 0 Å². The Labute approximate surface area is 85.6 Å². The standard InChI is InChI=1S/C10H7ClO3/c1-6-4-7(10(12)13-6)5-8-2-3-9(11)14-8/h2-5H,1H3. The summed E-state index contributed by atoms with van der Waals surface area (Å²) >= 11 is 5.58. The molecule has 1 aromatic rings. The van der Waals surface area contributed by atoms with E-state index < -0.39 is 0 Å². The fraction of sp³-hybridized carbons (Fsp3) is 0.100. The minimum atomic E-state index is -0.366. The summed E-state index contributed by atoms with van der Waals surface area (Å²) in [6, 6.07) is 3.30. The number of rotatable bonds is 1. The molecule has 0 saturated heterocycles. The first kappa shape index (κ1) is 9.09. The van der Waals surface area contributed by atoms with Crippen LogP contribution in [0, 0.1) is 0 Å². The van der Waals surface area contributed by atoms with Gasteiger partial charge in [-0.15, -0.1) is 0 Å². The molecular weight excluding hydrogens is 204 g/mol. The maximum Gasteiger partial charge on any atom is 0.343 e. The van der Waals surface area contributed by atoms with Gasteiger partial charge in [0.15, 0.2) is 5.22 Å². The Balaban J connectivity index is 2.31. The summed E-state index contributed by atoms with van der Waals surface area (Å²) in [7, 11) is 0. The van der Waals surface area contributed by atoms with Crippen molar-refractivity contribution in [1.82, 2.24) is 0 Å². The molecule has 0 N–H and O–H groups in total. The molecule has 1 aliphatic rings. The van der Waals surface area contributed by atoms with Crippen molar-refractivity contribution in [1.29, 1.82) is 0 Å². The Morgan fingerprint density at radius 3 is 2.71 bits per heavy atom. The molecule has 0 bridgehead atoms. The Morgan fingerprint density at radius 2 is 2.21 bits per heavy atom. The second kappa shape index (κ2) is 3.35. The second-order valence-electron chi connectivity index (χ2n) is 2.89. The lowest BCUT2D eigenvalue weighted by Gasteiger charge is -1.91. The molecule has 1 aromatic heterocycles. The van der Waals surface area contributed by atoms with Crippen molar-refractivity contribution in [2.75, 3.05) is 0 Å². The summed E-state index contributed by atoms with van der Waals surface area (Å²) in [6.45, 7) is 1.72. The van der Waals surface area contributed by atoms with Gasteiger partial charge in [0.2, 0.25) is 0 Å². The van der Waals surface area contributed by atoms with Gasteiger partial charge in [-0.25, -0.2) is 4.79 Å². The highest BCUT2D eigenvalue weighted by molar-refractivity contribution is 6.28. The van der Waals surface area contributed by atoms with Crippen LogP contribution in [-0.2, 0) is 9.53 Å². The number of carbonyl (C=O) groups excluding carboxylic acids is 1. The van der Waals surface area contributed by atoms with Crippen molar-refractivity contribution in [2.45, 2.75) is 6.92 Å². The van der Waals surface area contributed by atoms with Crippen LogP contribution in [-0.4, -0.2) is 5.97 Å².